The van der Waals surface area contributed by atoms with Crippen molar-refractivity contribution in [3.63, 3.8) is 0 Å². The molecule has 0 spiro atoms. The summed E-state index contributed by atoms with van der Waals surface area (Å²) in [6.07, 6.45) is 10.5. The number of nitrogens with one attached hydrogen (secondary N) is 1. The zero-order chi connectivity index (χ0) is 25.4. The van der Waals surface area contributed by atoms with E-state index in [-0.39, 0.29) is 42.0 Å². The summed E-state index contributed by atoms with van der Waals surface area (Å²) in [5, 5.41) is 13.7. The Hall–Kier alpha value is -3.55. The topological polar surface area (TPSA) is 87.5 Å². The van der Waals surface area contributed by atoms with Gasteiger partial charge in [0.1, 0.15) is 0 Å². The highest BCUT2D eigenvalue weighted by molar-refractivity contribution is 5.83. The molecule has 0 bridgehead atoms. The van der Waals surface area contributed by atoms with Gasteiger partial charge in [0, 0.05) is 61.2 Å². The molecule has 4 heterocycles. The van der Waals surface area contributed by atoms with Gasteiger partial charge >= 0.3 is 0 Å². The second kappa shape index (κ2) is 10.1. The smallest absolute Gasteiger partial charge is 0.258 e. The maximum absolute atomic E-state index is 13.5. The molecule has 1 aliphatic carbocycles. The fourth-order valence-electron chi connectivity index (χ4n) is 6.22. The number of fused-ring (bicyclic) bond motifs is 3. The molecule has 7 nitrogen and oxygen atoms in total. The molecule has 1 amide bonds. The lowest BCUT2D eigenvalue weighted by atomic mass is 9.87. The van der Waals surface area contributed by atoms with Crippen LogP contribution in [0.1, 0.15) is 47.7 Å². The first-order valence-corrected chi connectivity index (χ1v) is 13.2. The highest BCUT2D eigenvalue weighted by Gasteiger charge is 2.55. The van der Waals surface area contributed by atoms with Crippen molar-refractivity contribution in [2.45, 2.75) is 50.5 Å². The van der Waals surface area contributed by atoms with Crippen molar-refractivity contribution in [2.75, 3.05) is 6.61 Å². The lowest BCUT2D eigenvalue weighted by molar-refractivity contribution is -0.129. The van der Waals surface area contributed by atoms with Crippen LogP contribution in [0.15, 0.2) is 71.8 Å². The number of nitrogens with zero attached hydrogens (tertiary/aromatic N) is 3. The molecule has 2 fully saturated rings. The SMILES string of the molecule is O=C(NC1CCC1)[C@@H]1[C@@H](CO)[C@@H]2Cn3c(ccc(/C=C/c4ccccc4)c3=O)[C@@H]2N1Cc1ccncc1. The molecule has 0 unspecified atom stereocenters. The van der Waals surface area contributed by atoms with Gasteiger partial charge in [0.05, 0.1) is 12.1 Å². The van der Waals surface area contributed by atoms with Crippen LogP contribution >= 0.6 is 0 Å². The van der Waals surface area contributed by atoms with E-state index in [1.54, 1.807) is 12.4 Å². The second-order valence-corrected chi connectivity index (χ2v) is 10.4. The number of aliphatic hydroxyl groups is 1. The first-order valence-electron chi connectivity index (χ1n) is 13.2. The van der Waals surface area contributed by atoms with Crippen molar-refractivity contribution in [3.8, 4) is 0 Å². The largest absolute Gasteiger partial charge is 0.396 e. The summed E-state index contributed by atoms with van der Waals surface area (Å²) in [4.78, 5) is 33.4. The van der Waals surface area contributed by atoms with E-state index in [0.717, 1.165) is 36.1 Å². The molecule has 2 aromatic heterocycles. The van der Waals surface area contributed by atoms with E-state index in [1.807, 2.05) is 71.3 Å². The van der Waals surface area contributed by atoms with E-state index in [0.29, 0.717) is 18.7 Å². The van der Waals surface area contributed by atoms with Gasteiger partial charge in [-0.2, -0.15) is 0 Å². The van der Waals surface area contributed by atoms with E-state index < -0.39 is 6.04 Å². The van der Waals surface area contributed by atoms with Crippen LogP contribution in [0.2, 0.25) is 0 Å². The Morgan fingerprint density at radius 1 is 1.05 bits per heavy atom. The van der Waals surface area contributed by atoms with Gasteiger partial charge in [-0.3, -0.25) is 19.5 Å². The minimum absolute atomic E-state index is 0.0106. The third-order valence-corrected chi connectivity index (χ3v) is 8.31. The van der Waals surface area contributed by atoms with Gasteiger partial charge in [0.15, 0.2) is 0 Å². The average molecular weight is 497 g/mol. The average Bonchev–Trinajstić information content (AvgIpc) is 3.42. The number of pyridine rings is 2. The summed E-state index contributed by atoms with van der Waals surface area (Å²) in [5.41, 5.74) is 3.60. The van der Waals surface area contributed by atoms with Crippen LogP contribution in [0.5, 0.6) is 0 Å². The van der Waals surface area contributed by atoms with Gasteiger partial charge < -0.3 is 15.0 Å². The summed E-state index contributed by atoms with van der Waals surface area (Å²) in [5.74, 6) is -0.289. The molecule has 2 aliphatic heterocycles. The van der Waals surface area contributed by atoms with Crippen molar-refractivity contribution in [2.24, 2.45) is 11.8 Å². The minimum atomic E-state index is -0.449. The Kier molecular flexibility index (Phi) is 6.49. The van der Waals surface area contributed by atoms with Crippen molar-refractivity contribution >= 4 is 18.1 Å². The van der Waals surface area contributed by atoms with Gasteiger partial charge in [-0.05, 0) is 60.7 Å². The van der Waals surface area contributed by atoms with Gasteiger partial charge in [0.2, 0.25) is 5.91 Å². The number of carbonyl (C=O) groups excluding carboxylic acids is 1. The monoisotopic (exact) mass is 496 g/mol. The van der Waals surface area contributed by atoms with Crippen LogP contribution in [0.4, 0.5) is 0 Å². The van der Waals surface area contributed by atoms with Crippen LogP contribution in [-0.2, 0) is 17.9 Å². The lowest BCUT2D eigenvalue weighted by Gasteiger charge is -2.34. The molecular formula is C30H32N4O3. The predicted octanol–water partition coefficient (Wildman–Crippen LogP) is 3.25. The molecule has 6 rings (SSSR count). The normalized spacial score (nSPS) is 25.1. The molecule has 190 valence electrons. The Bertz CT molecular complexity index is 1350. The number of hydrogen-bond donors (Lipinski definition) is 2. The highest BCUT2D eigenvalue weighted by atomic mass is 16.3. The maximum Gasteiger partial charge on any atom is 0.258 e. The molecule has 2 N–H and O–H groups in total. The molecule has 7 heteroatoms. The van der Waals surface area contributed by atoms with E-state index in [2.05, 4.69) is 15.2 Å². The predicted molar refractivity (Wildman–Crippen MR) is 142 cm³/mol. The Morgan fingerprint density at radius 2 is 1.84 bits per heavy atom. The molecule has 1 aromatic carbocycles. The molecular weight excluding hydrogens is 464 g/mol. The van der Waals surface area contributed by atoms with Crippen molar-refractivity contribution in [1.82, 2.24) is 19.8 Å². The summed E-state index contributed by atoms with van der Waals surface area (Å²) in [6.45, 7) is 0.949. The van der Waals surface area contributed by atoms with Crippen molar-refractivity contribution < 1.29 is 9.90 Å². The number of aromatic nitrogens is 2. The zero-order valence-electron chi connectivity index (χ0n) is 20.7. The lowest BCUT2D eigenvalue weighted by Crippen LogP contribution is -2.52. The van der Waals surface area contributed by atoms with Crippen LogP contribution in [0.25, 0.3) is 12.2 Å². The first kappa shape index (κ1) is 23.8. The van der Waals surface area contributed by atoms with E-state index >= 15 is 0 Å². The summed E-state index contributed by atoms with van der Waals surface area (Å²) in [7, 11) is 0. The highest BCUT2D eigenvalue weighted by Crippen LogP contribution is 2.49. The fraction of sp³-hybridized carbons (Fsp3) is 0.367. The molecule has 1 saturated carbocycles. The Balaban J connectivity index is 1.35. The fourth-order valence-corrected chi connectivity index (χ4v) is 6.22. The van der Waals surface area contributed by atoms with Gasteiger partial charge in [-0.25, -0.2) is 0 Å². The standard InChI is InChI=1S/C30H32N4O3/c35-19-25-24-18-33-26(12-11-22(30(33)37)10-9-20-5-2-1-3-6-20)27(24)34(17-21-13-15-31-16-14-21)28(25)29(36)32-23-7-4-8-23/h1-3,5-6,9-16,23-25,27-28,35H,4,7-8,17-19H2,(H,32,36)/b10-9+/t24-,25-,27+,28-/m0/s1. The Labute approximate surface area is 216 Å². The van der Waals surface area contributed by atoms with Crippen LogP contribution in [-0.4, -0.2) is 44.2 Å². The summed E-state index contributed by atoms with van der Waals surface area (Å²) < 4.78 is 1.85. The first-order chi connectivity index (χ1) is 18.1. The third-order valence-electron chi connectivity index (χ3n) is 8.31. The van der Waals surface area contributed by atoms with E-state index in [4.69, 9.17) is 0 Å². The van der Waals surface area contributed by atoms with Crippen molar-refractivity contribution in [1.29, 1.82) is 0 Å². The molecule has 4 atom stereocenters. The van der Waals surface area contributed by atoms with Gasteiger partial charge in [0.25, 0.3) is 5.56 Å². The summed E-state index contributed by atoms with van der Waals surface area (Å²) >= 11 is 0. The number of amides is 1. The molecule has 37 heavy (non-hydrogen) atoms. The molecule has 1 saturated heterocycles. The van der Waals surface area contributed by atoms with Crippen LogP contribution in [0, 0.1) is 11.8 Å². The number of rotatable bonds is 7. The molecule has 3 aliphatic rings. The number of carbonyl (C=O) groups is 1. The van der Waals surface area contributed by atoms with Gasteiger partial charge in [-0.15, -0.1) is 0 Å². The number of benzene rings is 1. The second-order valence-electron chi connectivity index (χ2n) is 10.4. The number of hydrogen-bond acceptors (Lipinski definition) is 5. The van der Waals surface area contributed by atoms with Crippen LogP contribution in [0.3, 0.4) is 0 Å². The van der Waals surface area contributed by atoms with E-state index in [1.165, 1.54) is 0 Å². The van der Waals surface area contributed by atoms with Crippen LogP contribution < -0.4 is 10.9 Å². The number of likely N-dealkylation sites (tertiary alicyclic amines) is 1. The third kappa shape index (κ3) is 4.43. The zero-order valence-corrected chi connectivity index (χ0v) is 20.7. The molecule has 0 radical (unpaired) electrons. The maximum atomic E-state index is 13.5. The molecule has 3 aromatic rings. The summed E-state index contributed by atoms with van der Waals surface area (Å²) in [6, 6.07) is 17.4. The van der Waals surface area contributed by atoms with Crippen molar-refractivity contribution in [3.05, 3.63) is 99.7 Å². The van der Waals surface area contributed by atoms with Gasteiger partial charge in [-0.1, -0.05) is 36.4 Å². The number of aliphatic hydroxyl groups excluding tert-OH is 1. The Morgan fingerprint density at radius 3 is 2.54 bits per heavy atom. The quantitative estimate of drug-likeness (QED) is 0.524. The minimum Gasteiger partial charge on any atom is -0.396 e. The van der Waals surface area contributed by atoms with E-state index in [9.17, 15) is 14.7 Å².